The average molecular weight is 308 g/mol. The summed E-state index contributed by atoms with van der Waals surface area (Å²) in [6.45, 7) is -1.42. The lowest BCUT2D eigenvalue weighted by molar-refractivity contribution is -0.0516. The van der Waals surface area contributed by atoms with Gasteiger partial charge in [-0.15, -0.1) is 0 Å². The van der Waals surface area contributed by atoms with Crippen molar-refractivity contribution in [2.45, 2.75) is 32.5 Å². The Labute approximate surface area is 117 Å². The van der Waals surface area contributed by atoms with Crippen molar-refractivity contribution >= 4 is 9.84 Å². The third-order valence-corrected chi connectivity index (χ3v) is 4.66. The van der Waals surface area contributed by atoms with E-state index in [-0.39, 0.29) is 35.7 Å². The fourth-order valence-corrected chi connectivity index (χ4v) is 2.65. The van der Waals surface area contributed by atoms with Gasteiger partial charge >= 0.3 is 6.61 Å². The zero-order valence-corrected chi connectivity index (χ0v) is 11.9. The summed E-state index contributed by atoms with van der Waals surface area (Å²) in [6, 6.07) is 5.94. The maximum Gasteiger partial charge on any atom is 0.387 e. The molecule has 0 saturated carbocycles. The molecule has 0 amide bonds. The van der Waals surface area contributed by atoms with Crippen molar-refractivity contribution in [2.24, 2.45) is 0 Å². The molecule has 1 unspecified atom stereocenters. The van der Waals surface area contributed by atoms with E-state index in [9.17, 15) is 22.3 Å². The van der Waals surface area contributed by atoms with E-state index in [1.54, 1.807) is 13.0 Å². The molecule has 1 rings (SSSR count). The van der Waals surface area contributed by atoms with Gasteiger partial charge in [0.05, 0.1) is 11.9 Å². The van der Waals surface area contributed by atoms with Crippen molar-refractivity contribution < 1.29 is 27.0 Å². The third-order valence-electron chi connectivity index (χ3n) is 2.87. The predicted octanol–water partition coefficient (Wildman–Crippen LogP) is 2.54. The summed E-state index contributed by atoms with van der Waals surface area (Å²) in [5, 5.41) is 9.96. The van der Waals surface area contributed by atoms with Gasteiger partial charge in [-0.1, -0.05) is 25.1 Å². The van der Waals surface area contributed by atoms with E-state index in [2.05, 4.69) is 4.74 Å². The molecule has 0 saturated heterocycles. The maximum absolute atomic E-state index is 12.2. The highest BCUT2D eigenvalue weighted by Crippen LogP contribution is 2.29. The van der Waals surface area contributed by atoms with Gasteiger partial charge in [0.2, 0.25) is 0 Å². The Bertz CT molecular complexity index is 517. The summed E-state index contributed by atoms with van der Waals surface area (Å²) in [4.78, 5) is 0. The second kappa shape index (κ2) is 7.54. The van der Waals surface area contributed by atoms with Crippen LogP contribution in [0.25, 0.3) is 0 Å². The minimum absolute atomic E-state index is 0.0293. The standard InChI is InChI=1S/C13H18F2O4S/c1-2-20(17,18)9-5-7-11(16)10-6-3-4-8-12(10)19-13(14)15/h3-4,6,8,11,13,16H,2,5,7,9H2,1H3. The first-order valence-electron chi connectivity index (χ1n) is 6.28. The number of benzene rings is 1. The van der Waals surface area contributed by atoms with E-state index < -0.39 is 22.6 Å². The molecule has 1 atom stereocenters. The molecule has 0 heterocycles. The Hall–Kier alpha value is -1.21. The Balaban J connectivity index is 2.65. The molecule has 0 aliphatic rings. The van der Waals surface area contributed by atoms with Crippen molar-refractivity contribution in [1.29, 1.82) is 0 Å². The molecule has 20 heavy (non-hydrogen) atoms. The fraction of sp³-hybridized carbons (Fsp3) is 0.538. The van der Waals surface area contributed by atoms with E-state index >= 15 is 0 Å². The van der Waals surface area contributed by atoms with Gasteiger partial charge in [0.25, 0.3) is 0 Å². The van der Waals surface area contributed by atoms with Gasteiger partial charge < -0.3 is 9.84 Å². The molecule has 114 valence electrons. The molecule has 7 heteroatoms. The normalized spacial score (nSPS) is 13.4. The van der Waals surface area contributed by atoms with Gasteiger partial charge in [-0.25, -0.2) is 8.42 Å². The first-order chi connectivity index (χ1) is 9.35. The van der Waals surface area contributed by atoms with E-state index in [1.807, 2.05) is 0 Å². The molecule has 1 N–H and O–H groups in total. The topological polar surface area (TPSA) is 63.6 Å². The largest absolute Gasteiger partial charge is 0.434 e. The van der Waals surface area contributed by atoms with E-state index in [4.69, 9.17) is 0 Å². The van der Waals surface area contributed by atoms with Gasteiger partial charge in [-0.2, -0.15) is 8.78 Å². The molecular weight excluding hydrogens is 290 g/mol. The van der Waals surface area contributed by atoms with Crippen molar-refractivity contribution in [2.75, 3.05) is 11.5 Å². The maximum atomic E-state index is 12.2. The lowest BCUT2D eigenvalue weighted by Crippen LogP contribution is -2.11. The number of para-hydroxylation sites is 1. The lowest BCUT2D eigenvalue weighted by Gasteiger charge is -2.15. The lowest BCUT2D eigenvalue weighted by atomic mass is 10.0. The molecule has 0 aromatic heterocycles. The van der Waals surface area contributed by atoms with E-state index in [0.717, 1.165) is 0 Å². The minimum atomic E-state index is -3.09. The van der Waals surface area contributed by atoms with Crippen LogP contribution in [0.3, 0.4) is 0 Å². The van der Waals surface area contributed by atoms with E-state index in [0.29, 0.717) is 0 Å². The average Bonchev–Trinajstić information content (AvgIpc) is 2.38. The van der Waals surface area contributed by atoms with Crippen LogP contribution < -0.4 is 4.74 Å². The molecule has 0 aliphatic heterocycles. The summed E-state index contributed by atoms with van der Waals surface area (Å²) < 4.78 is 51.4. The Morgan fingerprint density at radius 3 is 2.55 bits per heavy atom. The van der Waals surface area contributed by atoms with Crippen molar-refractivity contribution in [1.82, 2.24) is 0 Å². The van der Waals surface area contributed by atoms with Gasteiger partial charge in [0.15, 0.2) is 0 Å². The molecule has 0 fully saturated rings. The summed E-state index contributed by atoms with van der Waals surface area (Å²) in [5.74, 6) is -0.0690. The number of ether oxygens (including phenoxy) is 1. The number of sulfone groups is 1. The Morgan fingerprint density at radius 2 is 1.95 bits per heavy atom. The summed E-state index contributed by atoms with van der Waals surface area (Å²) in [6.07, 6.45) is -0.597. The summed E-state index contributed by atoms with van der Waals surface area (Å²) >= 11 is 0. The number of alkyl halides is 2. The molecule has 1 aromatic rings. The smallest absolute Gasteiger partial charge is 0.387 e. The highest BCUT2D eigenvalue weighted by molar-refractivity contribution is 7.91. The van der Waals surface area contributed by atoms with Gasteiger partial charge in [0.1, 0.15) is 15.6 Å². The Morgan fingerprint density at radius 1 is 1.30 bits per heavy atom. The van der Waals surface area contributed by atoms with Crippen LogP contribution in [0, 0.1) is 0 Å². The number of aliphatic hydroxyl groups excluding tert-OH is 1. The third kappa shape index (κ3) is 5.42. The highest BCUT2D eigenvalue weighted by atomic mass is 32.2. The number of rotatable bonds is 8. The molecule has 0 spiro atoms. The number of hydrogen-bond donors (Lipinski definition) is 1. The number of halogens is 2. The zero-order valence-electron chi connectivity index (χ0n) is 11.1. The van der Waals surface area contributed by atoms with Gasteiger partial charge in [-0.3, -0.25) is 0 Å². The summed E-state index contributed by atoms with van der Waals surface area (Å²) in [7, 11) is -3.09. The van der Waals surface area contributed by atoms with Crippen LogP contribution in [0.2, 0.25) is 0 Å². The quantitative estimate of drug-likeness (QED) is 0.801. The number of aliphatic hydroxyl groups is 1. The zero-order chi connectivity index (χ0) is 15.2. The molecule has 0 radical (unpaired) electrons. The van der Waals surface area contributed by atoms with Gasteiger partial charge in [0, 0.05) is 11.3 Å². The van der Waals surface area contributed by atoms with Crippen LogP contribution in [0.15, 0.2) is 24.3 Å². The van der Waals surface area contributed by atoms with Crippen LogP contribution in [0.1, 0.15) is 31.4 Å². The van der Waals surface area contributed by atoms with Crippen LogP contribution in [-0.2, 0) is 9.84 Å². The fourth-order valence-electron chi connectivity index (χ4n) is 1.76. The first-order valence-corrected chi connectivity index (χ1v) is 8.10. The molecule has 4 nitrogen and oxygen atoms in total. The highest BCUT2D eigenvalue weighted by Gasteiger charge is 2.17. The second-order valence-electron chi connectivity index (χ2n) is 4.31. The molecule has 0 aliphatic carbocycles. The van der Waals surface area contributed by atoms with Crippen molar-refractivity contribution in [3.8, 4) is 5.75 Å². The van der Waals surface area contributed by atoms with Gasteiger partial charge in [-0.05, 0) is 18.9 Å². The van der Waals surface area contributed by atoms with Crippen LogP contribution >= 0.6 is 0 Å². The van der Waals surface area contributed by atoms with Crippen molar-refractivity contribution in [3.63, 3.8) is 0 Å². The Kier molecular flexibility index (Phi) is 6.35. The van der Waals surface area contributed by atoms with E-state index in [1.165, 1.54) is 18.2 Å². The SMILES string of the molecule is CCS(=O)(=O)CCCC(O)c1ccccc1OC(F)F. The van der Waals surface area contributed by atoms with Crippen molar-refractivity contribution in [3.05, 3.63) is 29.8 Å². The van der Waals surface area contributed by atoms with Crippen LogP contribution in [0.4, 0.5) is 8.78 Å². The summed E-state index contributed by atoms with van der Waals surface area (Å²) in [5.41, 5.74) is 0.238. The second-order valence-corrected chi connectivity index (χ2v) is 6.78. The first kappa shape index (κ1) is 16.8. The predicted molar refractivity (Wildman–Crippen MR) is 71.6 cm³/mol. The number of hydrogen-bond acceptors (Lipinski definition) is 4. The van der Waals surface area contributed by atoms with Crippen LogP contribution in [-0.4, -0.2) is 31.6 Å². The molecule has 1 aromatic carbocycles. The molecule has 0 bridgehead atoms. The minimum Gasteiger partial charge on any atom is -0.434 e. The van der Waals surface area contributed by atoms with Crippen LogP contribution in [0.5, 0.6) is 5.75 Å². The molecular formula is C13H18F2O4S. The monoisotopic (exact) mass is 308 g/mol.